The van der Waals surface area contributed by atoms with E-state index in [4.69, 9.17) is 9.47 Å². The molecule has 18 heavy (non-hydrogen) atoms. The first-order valence-electron chi connectivity index (χ1n) is 7.33. The zero-order chi connectivity index (χ0) is 12.6. The zero-order valence-electron chi connectivity index (χ0n) is 11.2. The second-order valence-corrected chi connectivity index (χ2v) is 5.34. The van der Waals surface area contributed by atoms with Crippen LogP contribution in [0.1, 0.15) is 44.9 Å². The summed E-state index contributed by atoms with van der Waals surface area (Å²) in [6.45, 7) is 3.04. The second kappa shape index (κ2) is 7.74. The summed E-state index contributed by atoms with van der Waals surface area (Å²) in [5, 5.41) is 3.00. The molecule has 0 aromatic rings. The number of amides is 1. The van der Waals surface area contributed by atoms with Crippen LogP contribution in [0.25, 0.3) is 0 Å². The van der Waals surface area contributed by atoms with Gasteiger partial charge in [0.15, 0.2) is 0 Å². The fourth-order valence-electron chi connectivity index (χ4n) is 2.71. The SMILES string of the molecule is O=C(NCCCOCC1CCCO1)C1CCCC1. The lowest BCUT2D eigenvalue weighted by atomic mass is 10.1. The number of carbonyl (C=O) groups excluding carboxylic acids is 1. The van der Waals surface area contributed by atoms with Gasteiger partial charge in [-0.2, -0.15) is 0 Å². The molecule has 104 valence electrons. The van der Waals surface area contributed by atoms with Gasteiger partial charge in [-0.05, 0) is 32.1 Å². The molecule has 1 aliphatic carbocycles. The van der Waals surface area contributed by atoms with E-state index in [-0.39, 0.29) is 11.8 Å². The molecule has 1 atom stereocenters. The smallest absolute Gasteiger partial charge is 0.223 e. The number of hydrogen-bond donors (Lipinski definition) is 1. The molecular formula is C14H25NO3. The van der Waals surface area contributed by atoms with E-state index in [1.807, 2.05) is 0 Å². The number of carbonyl (C=O) groups is 1. The van der Waals surface area contributed by atoms with E-state index in [9.17, 15) is 4.79 Å². The first-order chi connectivity index (χ1) is 8.86. The van der Waals surface area contributed by atoms with Gasteiger partial charge in [-0.3, -0.25) is 4.79 Å². The Morgan fingerprint density at radius 2 is 2.06 bits per heavy atom. The molecule has 1 aliphatic heterocycles. The molecule has 2 aliphatic rings. The minimum Gasteiger partial charge on any atom is -0.379 e. The van der Waals surface area contributed by atoms with Crippen LogP contribution in [0, 0.1) is 5.92 Å². The third-order valence-electron chi connectivity index (χ3n) is 3.82. The largest absolute Gasteiger partial charge is 0.379 e. The first-order valence-corrected chi connectivity index (χ1v) is 7.33. The molecule has 1 amide bonds. The van der Waals surface area contributed by atoms with Crippen molar-refractivity contribution in [3.05, 3.63) is 0 Å². The first kappa shape index (κ1) is 13.8. The highest BCUT2D eigenvalue weighted by atomic mass is 16.5. The van der Waals surface area contributed by atoms with Gasteiger partial charge in [-0.15, -0.1) is 0 Å². The lowest BCUT2D eigenvalue weighted by Crippen LogP contribution is -2.30. The molecule has 0 bridgehead atoms. The number of rotatable bonds is 7. The molecule has 0 spiro atoms. The van der Waals surface area contributed by atoms with Crippen LogP contribution in [0.4, 0.5) is 0 Å². The quantitative estimate of drug-likeness (QED) is 0.707. The molecule has 0 aromatic carbocycles. The van der Waals surface area contributed by atoms with Crippen molar-refractivity contribution in [1.29, 1.82) is 0 Å². The number of hydrogen-bond acceptors (Lipinski definition) is 3. The molecule has 4 heteroatoms. The normalized spacial score (nSPS) is 24.6. The Morgan fingerprint density at radius 3 is 2.78 bits per heavy atom. The number of ether oxygens (including phenoxy) is 2. The van der Waals surface area contributed by atoms with E-state index >= 15 is 0 Å². The fourth-order valence-corrected chi connectivity index (χ4v) is 2.71. The topological polar surface area (TPSA) is 47.6 Å². The van der Waals surface area contributed by atoms with Crippen LogP contribution in [0.3, 0.4) is 0 Å². The molecule has 1 N–H and O–H groups in total. The third kappa shape index (κ3) is 4.58. The van der Waals surface area contributed by atoms with Crippen molar-refractivity contribution in [3.8, 4) is 0 Å². The minimum absolute atomic E-state index is 0.242. The Morgan fingerprint density at radius 1 is 1.22 bits per heavy atom. The maximum atomic E-state index is 11.7. The molecule has 2 rings (SSSR count). The molecular weight excluding hydrogens is 230 g/mol. The molecule has 1 heterocycles. The van der Waals surface area contributed by atoms with Gasteiger partial charge in [0, 0.05) is 25.7 Å². The monoisotopic (exact) mass is 255 g/mol. The van der Waals surface area contributed by atoms with E-state index in [0.717, 1.165) is 45.3 Å². The Balaban J connectivity index is 1.42. The summed E-state index contributed by atoms with van der Waals surface area (Å²) >= 11 is 0. The molecule has 0 aromatic heterocycles. The summed E-state index contributed by atoms with van der Waals surface area (Å²) in [4.78, 5) is 11.7. The summed E-state index contributed by atoms with van der Waals surface area (Å²) in [7, 11) is 0. The van der Waals surface area contributed by atoms with Crippen molar-refractivity contribution in [1.82, 2.24) is 5.32 Å². The highest BCUT2D eigenvalue weighted by molar-refractivity contribution is 5.78. The van der Waals surface area contributed by atoms with Gasteiger partial charge >= 0.3 is 0 Å². The molecule has 2 fully saturated rings. The molecule has 4 nitrogen and oxygen atoms in total. The lowest BCUT2D eigenvalue weighted by molar-refractivity contribution is -0.124. The summed E-state index contributed by atoms with van der Waals surface area (Å²) < 4.78 is 11.0. The van der Waals surface area contributed by atoms with Crippen LogP contribution in [-0.4, -0.2) is 38.4 Å². The van der Waals surface area contributed by atoms with E-state index in [1.54, 1.807) is 0 Å². The zero-order valence-corrected chi connectivity index (χ0v) is 11.2. The highest BCUT2D eigenvalue weighted by Crippen LogP contribution is 2.24. The fraction of sp³-hybridized carbons (Fsp3) is 0.929. The van der Waals surface area contributed by atoms with E-state index < -0.39 is 0 Å². The summed E-state index contributed by atoms with van der Waals surface area (Å²) in [5.74, 6) is 0.518. The van der Waals surface area contributed by atoms with Crippen LogP contribution in [-0.2, 0) is 14.3 Å². The standard InChI is InChI=1S/C14H25NO3/c16-14(12-5-1-2-6-12)15-8-4-9-17-11-13-7-3-10-18-13/h12-13H,1-11H2,(H,15,16). The van der Waals surface area contributed by atoms with Gasteiger partial charge < -0.3 is 14.8 Å². The minimum atomic E-state index is 0.242. The molecule has 1 unspecified atom stereocenters. The van der Waals surface area contributed by atoms with Crippen LogP contribution >= 0.6 is 0 Å². The van der Waals surface area contributed by atoms with Gasteiger partial charge in [0.05, 0.1) is 12.7 Å². The van der Waals surface area contributed by atoms with E-state index in [0.29, 0.717) is 19.3 Å². The average molecular weight is 255 g/mol. The predicted molar refractivity (Wildman–Crippen MR) is 69.4 cm³/mol. The Kier molecular flexibility index (Phi) is 5.94. The van der Waals surface area contributed by atoms with Crippen LogP contribution < -0.4 is 5.32 Å². The van der Waals surface area contributed by atoms with Gasteiger partial charge in [0.1, 0.15) is 0 Å². The van der Waals surface area contributed by atoms with Crippen molar-refractivity contribution >= 4 is 5.91 Å². The second-order valence-electron chi connectivity index (χ2n) is 5.34. The Bertz CT molecular complexity index is 245. The van der Waals surface area contributed by atoms with Crippen LogP contribution in [0.15, 0.2) is 0 Å². The van der Waals surface area contributed by atoms with Gasteiger partial charge in [0.25, 0.3) is 0 Å². The maximum absolute atomic E-state index is 11.7. The van der Waals surface area contributed by atoms with Crippen LogP contribution in [0.5, 0.6) is 0 Å². The third-order valence-corrected chi connectivity index (χ3v) is 3.82. The predicted octanol–water partition coefficient (Wildman–Crippen LogP) is 1.88. The van der Waals surface area contributed by atoms with Gasteiger partial charge in [-0.1, -0.05) is 12.8 Å². The highest BCUT2D eigenvalue weighted by Gasteiger charge is 2.21. The maximum Gasteiger partial charge on any atom is 0.223 e. The average Bonchev–Trinajstić information content (AvgIpc) is 3.05. The van der Waals surface area contributed by atoms with Crippen molar-refractivity contribution in [2.75, 3.05) is 26.4 Å². The van der Waals surface area contributed by atoms with Crippen LogP contribution in [0.2, 0.25) is 0 Å². The van der Waals surface area contributed by atoms with E-state index in [1.165, 1.54) is 12.8 Å². The van der Waals surface area contributed by atoms with Crippen molar-refractivity contribution in [2.24, 2.45) is 5.92 Å². The lowest BCUT2D eigenvalue weighted by Gasteiger charge is -2.12. The molecule has 0 radical (unpaired) electrons. The Hall–Kier alpha value is -0.610. The van der Waals surface area contributed by atoms with Crippen molar-refractivity contribution in [2.45, 2.75) is 51.0 Å². The summed E-state index contributed by atoms with van der Waals surface area (Å²) in [6.07, 6.45) is 8.04. The van der Waals surface area contributed by atoms with Gasteiger partial charge in [-0.25, -0.2) is 0 Å². The Labute approximate surface area is 109 Å². The van der Waals surface area contributed by atoms with E-state index in [2.05, 4.69) is 5.32 Å². The molecule has 1 saturated heterocycles. The van der Waals surface area contributed by atoms with Crippen molar-refractivity contribution < 1.29 is 14.3 Å². The molecule has 1 saturated carbocycles. The van der Waals surface area contributed by atoms with Gasteiger partial charge in [0.2, 0.25) is 5.91 Å². The van der Waals surface area contributed by atoms with Crippen molar-refractivity contribution in [3.63, 3.8) is 0 Å². The summed E-state index contributed by atoms with van der Waals surface area (Å²) in [6, 6.07) is 0. The summed E-state index contributed by atoms with van der Waals surface area (Å²) in [5.41, 5.74) is 0. The number of nitrogens with one attached hydrogen (secondary N) is 1.